The first kappa shape index (κ1) is 29.3. The monoisotopic (exact) mass is 639 g/mol. The van der Waals surface area contributed by atoms with E-state index in [1.165, 1.54) is 6.08 Å². The highest BCUT2D eigenvalue weighted by atomic mass is 79.9. The van der Waals surface area contributed by atoms with Crippen molar-refractivity contribution < 1.29 is 28.7 Å². The highest BCUT2D eigenvalue weighted by molar-refractivity contribution is 9.10. The van der Waals surface area contributed by atoms with Crippen molar-refractivity contribution in [1.82, 2.24) is 5.32 Å². The SMILES string of the molecule is Cc1ccccc1NC(=O)COc1ccc(Br)cc1/C=C1/C(=O)NC(=O)N(c2ccc(OCc3ccccc3)cc2)C1=O. The molecule has 1 heterocycles. The number of carbonyl (C=O) groups excluding carboxylic acids is 4. The molecule has 0 atom stereocenters. The van der Waals surface area contributed by atoms with Gasteiger partial charge in [-0.15, -0.1) is 0 Å². The number of nitrogens with zero attached hydrogens (tertiary/aromatic N) is 1. The largest absolute Gasteiger partial charge is 0.489 e. The van der Waals surface area contributed by atoms with E-state index in [0.29, 0.717) is 28.1 Å². The fourth-order valence-electron chi connectivity index (χ4n) is 4.29. The van der Waals surface area contributed by atoms with Crippen LogP contribution in [0.5, 0.6) is 11.5 Å². The van der Waals surface area contributed by atoms with Crippen molar-refractivity contribution >= 4 is 57.1 Å². The molecule has 5 rings (SSSR count). The molecule has 1 saturated heterocycles. The summed E-state index contributed by atoms with van der Waals surface area (Å²) in [4.78, 5) is 52.4. The molecule has 0 radical (unpaired) electrons. The maximum absolute atomic E-state index is 13.5. The lowest BCUT2D eigenvalue weighted by atomic mass is 10.1. The average Bonchev–Trinajstić information content (AvgIpc) is 3.00. The number of urea groups is 1. The summed E-state index contributed by atoms with van der Waals surface area (Å²) < 4.78 is 12.2. The molecule has 0 spiro atoms. The quantitative estimate of drug-likeness (QED) is 0.171. The molecule has 0 bridgehead atoms. The van der Waals surface area contributed by atoms with E-state index in [4.69, 9.17) is 9.47 Å². The van der Waals surface area contributed by atoms with Crippen molar-refractivity contribution in [2.75, 3.05) is 16.8 Å². The summed E-state index contributed by atoms with van der Waals surface area (Å²) in [5.41, 5.74) is 2.89. The minimum Gasteiger partial charge on any atom is -0.489 e. The normalized spacial score (nSPS) is 14.0. The molecule has 9 nitrogen and oxygen atoms in total. The summed E-state index contributed by atoms with van der Waals surface area (Å²) in [6, 6.07) is 27.5. The van der Waals surface area contributed by atoms with Gasteiger partial charge < -0.3 is 14.8 Å². The van der Waals surface area contributed by atoms with Gasteiger partial charge in [0.2, 0.25) is 0 Å². The van der Waals surface area contributed by atoms with Crippen LogP contribution < -0.4 is 25.0 Å². The van der Waals surface area contributed by atoms with Gasteiger partial charge in [0.1, 0.15) is 23.7 Å². The van der Waals surface area contributed by atoms with Gasteiger partial charge in [-0.3, -0.25) is 19.7 Å². The number of imide groups is 2. The average molecular weight is 640 g/mol. The third kappa shape index (κ3) is 7.17. The summed E-state index contributed by atoms with van der Waals surface area (Å²) in [7, 11) is 0. The van der Waals surface area contributed by atoms with Gasteiger partial charge in [-0.2, -0.15) is 0 Å². The Morgan fingerprint density at radius 2 is 1.63 bits per heavy atom. The Kier molecular flexibility index (Phi) is 8.97. The van der Waals surface area contributed by atoms with Gasteiger partial charge in [0.05, 0.1) is 5.69 Å². The molecule has 10 heteroatoms. The number of amides is 5. The van der Waals surface area contributed by atoms with Gasteiger partial charge in [-0.1, -0.05) is 64.5 Å². The molecule has 4 aromatic rings. The van der Waals surface area contributed by atoms with Gasteiger partial charge in [0.25, 0.3) is 17.7 Å². The number of rotatable bonds is 9. The summed E-state index contributed by atoms with van der Waals surface area (Å²) in [5.74, 6) is -1.23. The fraction of sp³-hybridized carbons (Fsp3) is 0.0909. The van der Waals surface area contributed by atoms with E-state index in [1.807, 2.05) is 55.5 Å². The fourth-order valence-corrected chi connectivity index (χ4v) is 4.66. The van der Waals surface area contributed by atoms with E-state index in [9.17, 15) is 19.2 Å². The number of anilines is 2. The van der Waals surface area contributed by atoms with Crippen LogP contribution >= 0.6 is 15.9 Å². The van der Waals surface area contributed by atoms with Crippen molar-refractivity contribution in [3.63, 3.8) is 0 Å². The topological polar surface area (TPSA) is 114 Å². The van der Waals surface area contributed by atoms with Crippen LogP contribution in [0.15, 0.2) is 107 Å². The number of nitrogens with one attached hydrogen (secondary N) is 2. The molecule has 216 valence electrons. The number of ether oxygens (including phenoxy) is 2. The molecule has 0 unspecified atom stereocenters. The number of para-hydroxylation sites is 1. The zero-order valence-corrected chi connectivity index (χ0v) is 24.6. The number of hydrogen-bond donors (Lipinski definition) is 2. The predicted octanol–water partition coefficient (Wildman–Crippen LogP) is 6.02. The van der Waals surface area contributed by atoms with E-state index >= 15 is 0 Å². The number of hydrogen-bond acceptors (Lipinski definition) is 6. The molecule has 1 fully saturated rings. The molecular weight excluding hydrogens is 614 g/mol. The molecule has 0 aliphatic carbocycles. The van der Waals surface area contributed by atoms with Crippen LogP contribution in [0.4, 0.5) is 16.2 Å². The van der Waals surface area contributed by atoms with Crippen LogP contribution in [0.1, 0.15) is 16.7 Å². The van der Waals surface area contributed by atoms with E-state index in [2.05, 4.69) is 26.6 Å². The molecule has 1 aliphatic rings. The Morgan fingerprint density at radius 3 is 2.37 bits per heavy atom. The first-order valence-corrected chi connectivity index (χ1v) is 14.0. The van der Waals surface area contributed by atoms with Crippen LogP contribution in [0.25, 0.3) is 6.08 Å². The van der Waals surface area contributed by atoms with Crippen molar-refractivity contribution in [1.29, 1.82) is 0 Å². The molecule has 4 aromatic carbocycles. The van der Waals surface area contributed by atoms with Crippen molar-refractivity contribution in [3.05, 3.63) is 124 Å². The standard InChI is InChI=1S/C33H26BrN3O6/c1-21-7-5-6-10-28(21)35-30(38)20-43-29-16-11-24(34)17-23(29)18-27-31(39)36-33(41)37(32(27)40)25-12-14-26(15-13-25)42-19-22-8-3-2-4-9-22/h2-18H,19-20H2,1H3,(H,35,38)(H,36,39,41)/b27-18-. The summed E-state index contributed by atoms with van der Waals surface area (Å²) >= 11 is 3.39. The lowest BCUT2D eigenvalue weighted by molar-refractivity contribution is -0.122. The van der Waals surface area contributed by atoms with E-state index in [1.54, 1.807) is 48.5 Å². The first-order chi connectivity index (χ1) is 20.8. The second-order valence-electron chi connectivity index (χ2n) is 9.56. The van der Waals surface area contributed by atoms with E-state index < -0.39 is 17.8 Å². The number of barbiturate groups is 1. The van der Waals surface area contributed by atoms with Gasteiger partial charge in [0, 0.05) is 15.7 Å². The van der Waals surface area contributed by atoms with Gasteiger partial charge in [-0.25, -0.2) is 9.69 Å². The Labute approximate surface area is 256 Å². The lowest BCUT2D eigenvalue weighted by Crippen LogP contribution is -2.54. The Morgan fingerprint density at radius 1 is 0.907 bits per heavy atom. The zero-order valence-electron chi connectivity index (χ0n) is 23.0. The summed E-state index contributed by atoms with van der Waals surface area (Å²) in [5, 5.41) is 5.01. The summed E-state index contributed by atoms with van der Waals surface area (Å²) in [6.07, 6.45) is 1.33. The third-order valence-electron chi connectivity index (χ3n) is 6.49. The zero-order chi connectivity index (χ0) is 30.3. The second kappa shape index (κ2) is 13.2. The van der Waals surface area contributed by atoms with Gasteiger partial charge >= 0.3 is 6.03 Å². The third-order valence-corrected chi connectivity index (χ3v) is 6.99. The molecular formula is C33H26BrN3O6. The van der Waals surface area contributed by atoms with Crippen molar-refractivity contribution in [3.8, 4) is 11.5 Å². The molecule has 43 heavy (non-hydrogen) atoms. The molecule has 1 aliphatic heterocycles. The Bertz CT molecular complexity index is 1720. The first-order valence-electron chi connectivity index (χ1n) is 13.2. The molecule has 0 aromatic heterocycles. The van der Waals surface area contributed by atoms with Crippen molar-refractivity contribution in [2.45, 2.75) is 13.5 Å². The number of halogens is 1. The van der Waals surface area contributed by atoms with Crippen LogP contribution in [-0.4, -0.2) is 30.4 Å². The molecule has 2 N–H and O–H groups in total. The Hall–Kier alpha value is -5.22. The number of aryl methyl sites for hydroxylation is 1. The lowest BCUT2D eigenvalue weighted by Gasteiger charge is -2.26. The highest BCUT2D eigenvalue weighted by Gasteiger charge is 2.37. The minimum atomic E-state index is -0.872. The smallest absolute Gasteiger partial charge is 0.335 e. The van der Waals surface area contributed by atoms with E-state index in [0.717, 1.165) is 16.0 Å². The van der Waals surface area contributed by atoms with Gasteiger partial charge in [-0.05, 0) is 72.7 Å². The highest BCUT2D eigenvalue weighted by Crippen LogP contribution is 2.29. The Balaban J connectivity index is 1.32. The maximum atomic E-state index is 13.5. The van der Waals surface area contributed by atoms with Crippen LogP contribution in [0, 0.1) is 6.92 Å². The minimum absolute atomic E-state index is 0.256. The molecule has 5 amide bonds. The van der Waals surface area contributed by atoms with Crippen LogP contribution in [0.2, 0.25) is 0 Å². The van der Waals surface area contributed by atoms with E-state index in [-0.39, 0.29) is 29.5 Å². The number of carbonyl (C=O) groups is 4. The summed E-state index contributed by atoms with van der Waals surface area (Å²) in [6.45, 7) is 1.93. The van der Waals surface area contributed by atoms with Crippen molar-refractivity contribution in [2.24, 2.45) is 0 Å². The number of benzene rings is 4. The van der Waals surface area contributed by atoms with Gasteiger partial charge in [0.15, 0.2) is 6.61 Å². The molecule has 0 saturated carbocycles. The predicted molar refractivity (Wildman–Crippen MR) is 166 cm³/mol. The van der Waals surface area contributed by atoms with Crippen LogP contribution in [0.3, 0.4) is 0 Å². The second-order valence-corrected chi connectivity index (χ2v) is 10.5. The maximum Gasteiger partial charge on any atom is 0.335 e. The van der Waals surface area contributed by atoms with Crippen LogP contribution in [-0.2, 0) is 21.0 Å².